The van der Waals surface area contributed by atoms with Crippen molar-refractivity contribution in [1.29, 1.82) is 5.26 Å². The summed E-state index contributed by atoms with van der Waals surface area (Å²) in [6.07, 6.45) is 6.57. The van der Waals surface area contributed by atoms with Gasteiger partial charge in [0.1, 0.15) is 12.8 Å². The van der Waals surface area contributed by atoms with Gasteiger partial charge in [-0.25, -0.2) is 4.98 Å². The highest BCUT2D eigenvalue weighted by Crippen LogP contribution is 2.34. The molecule has 0 saturated carbocycles. The number of ether oxygens (including phenoxy) is 1. The highest BCUT2D eigenvalue weighted by Gasteiger charge is 2.24. The molecule has 208 valence electrons. The molecule has 9 nitrogen and oxygen atoms in total. The maximum atomic E-state index is 13.5. The lowest BCUT2D eigenvalue weighted by molar-refractivity contribution is -0.129. The van der Waals surface area contributed by atoms with E-state index in [0.717, 1.165) is 62.6 Å². The SMILES string of the molecule is CC(=O)N1CCC(c2ccc(NC(=O)c3nc(C#N)cn3COCC[Si](C)(C)C)c(C3=CCCNC3)c2)CC1. The number of nitriles is 1. The van der Waals surface area contributed by atoms with E-state index in [2.05, 4.69) is 53.5 Å². The number of piperidine rings is 1. The number of amides is 2. The molecule has 0 bridgehead atoms. The Labute approximate surface area is 232 Å². The van der Waals surface area contributed by atoms with Crippen LogP contribution in [-0.2, 0) is 16.3 Å². The molecule has 10 heteroatoms. The number of benzene rings is 1. The molecule has 0 unspecified atom stereocenters. The summed E-state index contributed by atoms with van der Waals surface area (Å²) in [5, 5.41) is 15.9. The number of nitrogens with zero attached hydrogens (tertiary/aromatic N) is 4. The summed E-state index contributed by atoms with van der Waals surface area (Å²) < 4.78 is 7.45. The van der Waals surface area contributed by atoms with Gasteiger partial charge in [-0.2, -0.15) is 5.26 Å². The lowest BCUT2D eigenvalue weighted by Crippen LogP contribution is -2.36. The summed E-state index contributed by atoms with van der Waals surface area (Å²) in [5.74, 6) is 0.275. The molecule has 2 aliphatic heterocycles. The van der Waals surface area contributed by atoms with E-state index in [0.29, 0.717) is 18.2 Å². The standard InChI is InChI=1S/C29H40N6O3Si/c1-21(36)34-12-9-22(10-13-34)23-7-8-27(26(16-23)24-6-5-11-31-18-24)33-29(37)28-32-25(17-30)19-35(28)20-38-14-15-39(2,3)4/h6-8,16,19,22,31H,5,9-15,18,20H2,1-4H3,(H,33,37). The predicted molar refractivity (Wildman–Crippen MR) is 155 cm³/mol. The van der Waals surface area contributed by atoms with Crippen LogP contribution in [0.5, 0.6) is 0 Å². The van der Waals surface area contributed by atoms with Gasteiger partial charge in [0.2, 0.25) is 11.7 Å². The average Bonchev–Trinajstić information content (AvgIpc) is 3.35. The molecule has 1 aromatic heterocycles. The van der Waals surface area contributed by atoms with E-state index in [4.69, 9.17) is 4.74 Å². The first kappa shape index (κ1) is 28.7. The number of hydrogen-bond donors (Lipinski definition) is 2. The summed E-state index contributed by atoms with van der Waals surface area (Å²) in [6.45, 7) is 12.5. The molecule has 0 radical (unpaired) electrons. The van der Waals surface area contributed by atoms with E-state index in [9.17, 15) is 14.9 Å². The van der Waals surface area contributed by atoms with E-state index in [1.54, 1.807) is 17.7 Å². The van der Waals surface area contributed by atoms with Crippen LogP contribution in [0.2, 0.25) is 25.7 Å². The van der Waals surface area contributed by atoms with Crippen LogP contribution in [0, 0.1) is 11.3 Å². The van der Waals surface area contributed by atoms with Crippen molar-refractivity contribution in [3.05, 3.63) is 53.1 Å². The Morgan fingerprint density at radius 3 is 2.67 bits per heavy atom. The number of carbonyl (C=O) groups excluding carboxylic acids is 2. The molecule has 2 aromatic rings. The lowest BCUT2D eigenvalue weighted by atomic mass is 9.86. The Morgan fingerprint density at radius 1 is 1.26 bits per heavy atom. The van der Waals surface area contributed by atoms with Crippen LogP contribution in [0.3, 0.4) is 0 Å². The summed E-state index contributed by atoms with van der Waals surface area (Å²) >= 11 is 0. The Morgan fingerprint density at radius 2 is 2.03 bits per heavy atom. The van der Waals surface area contributed by atoms with Crippen molar-refractivity contribution in [2.24, 2.45) is 0 Å². The molecule has 0 aliphatic carbocycles. The van der Waals surface area contributed by atoms with Gasteiger partial charge in [0.05, 0.1) is 0 Å². The third-order valence-corrected chi connectivity index (χ3v) is 9.10. The maximum absolute atomic E-state index is 13.5. The normalized spacial score (nSPS) is 16.5. The van der Waals surface area contributed by atoms with Crippen molar-refractivity contribution in [1.82, 2.24) is 19.8 Å². The van der Waals surface area contributed by atoms with E-state index >= 15 is 0 Å². The first-order valence-electron chi connectivity index (χ1n) is 13.8. The highest BCUT2D eigenvalue weighted by atomic mass is 28.3. The molecular formula is C29H40N6O3Si. The number of carbonyl (C=O) groups is 2. The minimum absolute atomic E-state index is 0.130. The zero-order valence-corrected chi connectivity index (χ0v) is 24.5. The van der Waals surface area contributed by atoms with E-state index in [-0.39, 0.29) is 30.1 Å². The van der Waals surface area contributed by atoms with Gasteiger partial charge in [-0.3, -0.25) is 9.59 Å². The second-order valence-electron chi connectivity index (χ2n) is 11.6. The number of imidazole rings is 1. The fourth-order valence-corrected chi connectivity index (χ4v) is 5.79. The monoisotopic (exact) mass is 548 g/mol. The highest BCUT2D eigenvalue weighted by molar-refractivity contribution is 6.76. The van der Waals surface area contributed by atoms with Crippen molar-refractivity contribution in [3.63, 3.8) is 0 Å². The van der Waals surface area contributed by atoms with Crippen molar-refractivity contribution >= 4 is 31.1 Å². The topological polar surface area (TPSA) is 112 Å². The number of aromatic nitrogens is 2. The lowest BCUT2D eigenvalue weighted by Gasteiger charge is -2.32. The Hall–Kier alpha value is -3.26. The van der Waals surface area contributed by atoms with Crippen LogP contribution in [0.4, 0.5) is 5.69 Å². The molecule has 3 heterocycles. The van der Waals surface area contributed by atoms with Crippen LogP contribution < -0.4 is 10.6 Å². The van der Waals surface area contributed by atoms with Crippen molar-refractivity contribution in [2.75, 3.05) is 38.1 Å². The van der Waals surface area contributed by atoms with Gasteiger partial charge < -0.3 is 24.8 Å². The zero-order chi connectivity index (χ0) is 28.0. The number of nitrogens with one attached hydrogen (secondary N) is 2. The third-order valence-electron chi connectivity index (χ3n) is 7.40. The molecule has 1 saturated heterocycles. The number of rotatable bonds is 9. The first-order chi connectivity index (χ1) is 18.6. The summed E-state index contributed by atoms with van der Waals surface area (Å²) in [5.41, 5.74) is 4.26. The van der Waals surface area contributed by atoms with Gasteiger partial charge in [-0.15, -0.1) is 0 Å². The molecule has 0 atom stereocenters. The quantitative estimate of drug-likeness (QED) is 0.354. The second kappa shape index (κ2) is 12.7. The molecule has 2 amide bonds. The van der Waals surface area contributed by atoms with Gasteiger partial charge in [-0.1, -0.05) is 31.8 Å². The fraction of sp³-hybridized carbons (Fsp3) is 0.517. The van der Waals surface area contributed by atoms with Crippen LogP contribution in [0.1, 0.15) is 59.5 Å². The minimum Gasteiger partial charge on any atom is -0.361 e. The van der Waals surface area contributed by atoms with Crippen LogP contribution >= 0.6 is 0 Å². The van der Waals surface area contributed by atoms with Gasteiger partial charge in [0, 0.05) is 58.7 Å². The van der Waals surface area contributed by atoms with E-state index in [1.807, 2.05) is 17.0 Å². The van der Waals surface area contributed by atoms with Crippen LogP contribution in [0.25, 0.3) is 5.57 Å². The van der Waals surface area contributed by atoms with E-state index < -0.39 is 8.07 Å². The maximum Gasteiger partial charge on any atom is 0.291 e. The smallest absolute Gasteiger partial charge is 0.291 e. The second-order valence-corrected chi connectivity index (χ2v) is 17.2. The Kier molecular flexibility index (Phi) is 9.38. The van der Waals surface area contributed by atoms with Crippen molar-refractivity contribution in [3.8, 4) is 6.07 Å². The molecular weight excluding hydrogens is 508 g/mol. The average molecular weight is 549 g/mol. The van der Waals surface area contributed by atoms with Crippen molar-refractivity contribution in [2.45, 2.75) is 64.5 Å². The fourth-order valence-electron chi connectivity index (χ4n) is 5.04. The number of anilines is 1. The molecule has 1 aromatic carbocycles. The molecule has 0 spiro atoms. The zero-order valence-electron chi connectivity index (χ0n) is 23.5. The molecule has 2 N–H and O–H groups in total. The van der Waals surface area contributed by atoms with Gasteiger partial charge in [0.25, 0.3) is 5.91 Å². The van der Waals surface area contributed by atoms with Gasteiger partial charge in [-0.05, 0) is 61.0 Å². The van der Waals surface area contributed by atoms with Crippen molar-refractivity contribution < 1.29 is 14.3 Å². The van der Waals surface area contributed by atoms with E-state index in [1.165, 1.54) is 5.56 Å². The van der Waals surface area contributed by atoms with Gasteiger partial charge >= 0.3 is 0 Å². The Bertz CT molecular complexity index is 1260. The summed E-state index contributed by atoms with van der Waals surface area (Å²) in [7, 11) is -1.24. The van der Waals surface area contributed by atoms with Gasteiger partial charge in [0.15, 0.2) is 5.69 Å². The Balaban J connectivity index is 1.54. The molecule has 39 heavy (non-hydrogen) atoms. The molecule has 2 aliphatic rings. The molecule has 4 rings (SSSR count). The third kappa shape index (κ3) is 7.65. The first-order valence-corrected chi connectivity index (χ1v) is 17.5. The number of hydrogen-bond acceptors (Lipinski definition) is 6. The van der Waals surface area contributed by atoms with Crippen LogP contribution in [-0.4, -0.2) is 67.1 Å². The minimum atomic E-state index is -1.24. The molecule has 1 fully saturated rings. The largest absolute Gasteiger partial charge is 0.361 e. The summed E-state index contributed by atoms with van der Waals surface area (Å²) in [6, 6.07) is 9.29. The summed E-state index contributed by atoms with van der Waals surface area (Å²) in [4.78, 5) is 31.4. The predicted octanol–water partition coefficient (Wildman–Crippen LogP) is 4.42. The number of likely N-dealkylation sites (tertiary alicyclic amines) is 1. The van der Waals surface area contributed by atoms with Crippen LogP contribution in [0.15, 0.2) is 30.5 Å².